The first-order chi connectivity index (χ1) is 16.7. The maximum atomic E-state index is 13.0. The molecule has 0 saturated carbocycles. The molecule has 0 amide bonds. The first-order valence-electron chi connectivity index (χ1n) is 11.2. The lowest BCUT2D eigenvalue weighted by Gasteiger charge is -2.35. The molecule has 0 bridgehead atoms. The second-order valence-electron chi connectivity index (χ2n) is 8.29. The van der Waals surface area contributed by atoms with E-state index in [1.165, 1.54) is 31.4 Å². The highest BCUT2D eigenvalue weighted by Crippen LogP contribution is 2.31. The van der Waals surface area contributed by atoms with Gasteiger partial charge in [-0.1, -0.05) is 18.5 Å². The Morgan fingerprint density at radius 2 is 1.89 bits per heavy atom. The molecule has 1 aromatic heterocycles. The molecule has 0 spiro atoms. The Balaban J connectivity index is 1.66. The molecule has 0 unspecified atom stereocenters. The van der Waals surface area contributed by atoms with Crippen LogP contribution in [0, 0.1) is 0 Å². The number of carboxylic acids is 1. The fourth-order valence-corrected chi connectivity index (χ4v) is 5.68. The zero-order valence-electron chi connectivity index (χ0n) is 19.5. The number of sulfonamides is 1. The maximum absolute atomic E-state index is 13.0. The number of fused-ring (bicyclic) bond motifs is 1. The van der Waals surface area contributed by atoms with E-state index in [-0.39, 0.29) is 26.9 Å². The molecule has 186 valence electrons. The number of benzene rings is 2. The number of piperazine rings is 1. The number of aromatic nitrogens is 1. The van der Waals surface area contributed by atoms with E-state index in [1.807, 2.05) is 0 Å². The summed E-state index contributed by atoms with van der Waals surface area (Å²) >= 11 is 5.99. The van der Waals surface area contributed by atoms with Crippen molar-refractivity contribution in [1.82, 2.24) is 9.88 Å². The second kappa shape index (κ2) is 10.3. The Kier molecular flexibility index (Phi) is 7.34. The summed E-state index contributed by atoms with van der Waals surface area (Å²) in [7, 11) is -2.69. The van der Waals surface area contributed by atoms with Gasteiger partial charge in [0.1, 0.15) is 16.5 Å². The molecule has 1 aliphatic rings. The van der Waals surface area contributed by atoms with Crippen molar-refractivity contribution in [1.29, 1.82) is 0 Å². The molecule has 2 aromatic carbocycles. The molecular weight excluding hydrogens is 492 g/mol. The van der Waals surface area contributed by atoms with Crippen molar-refractivity contribution in [2.24, 2.45) is 0 Å². The van der Waals surface area contributed by atoms with Crippen molar-refractivity contribution in [2.75, 3.05) is 49.5 Å². The van der Waals surface area contributed by atoms with Crippen molar-refractivity contribution in [3.05, 3.63) is 53.1 Å². The summed E-state index contributed by atoms with van der Waals surface area (Å²) in [6.07, 6.45) is 1.09. The number of carbonyl (C=O) groups is 1. The van der Waals surface area contributed by atoms with Crippen LogP contribution in [0.4, 0.5) is 11.5 Å². The summed E-state index contributed by atoms with van der Waals surface area (Å²) < 4.78 is 33.7. The summed E-state index contributed by atoms with van der Waals surface area (Å²) in [5.74, 6) is -0.373. The molecule has 4 rings (SSSR count). The largest absolute Gasteiger partial charge is 0.495 e. The number of halogens is 1. The first kappa shape index (κ1) is 25.0. The standard InChI is InChI=1S/C24H27ClN4O5S/c1-3-8-28-9-11-29(12-10-28)23-15-19(24(30)31)18-14-17(5-6-20(18)26-23)27-35(32,33)22-13-16(25)4-7-21(22)34-2/h4-7,13-15,27H,3,8-12H2,1-2H3,(H,30,31). The van der Waals surface area contributed by atoms with Gasteiger partial charge in [-0.05, 0) is 55.4 Å². The number of pyridine rings is 1. The van der Waals surface area contributed by atoms with E-state index in [9.17, 15) is 18.3 Å². The Morgan fingerprint density at radius 1 is 1.14 bits per heavy atom. The van der Waals surface area contributed by atoms with Crippen molar-refractivity contribution >= 4 is 50.0 Å². The number of hydrogen-bond acceptors (Lipinski definition) is 7. The fraction of sp³-hybridized carbons (Fsp3) is 0.333. The zero-order valence-corrected chi connectivity index (χ0v) is 21.1. The molecule has 3 aromatic rings. The van der Waals surface area contributed by atoms with Crippen LogP contribution >= 0.6 is 11.6 Å². The van der Waals surface area contributed by atoms with E-state index in [0.29, 0.717) is 16.7 Å². The lowest BCUT2D eigenvalue weighted by atomic mass is 10.1. The van der Waals surface area contributed by atoms with E-state index in [1.54, 1.807) is 18.2 Å². The van der Waals surface area contributed by atoms with E-state index in [0.717, 1.165) is 39.1 Å². The van der Waals surface area contributed by atoms with Gasteiger partial charge in [0.15, 0.2) is 0 Å². The van der Waals surface area contributed by atoms with Crippen molar-refractivity contribution in [2.45, 2.75) is 18.2 Å². The third-order valence-corrected chi connectivity index (χ3v) is 7.57. The average Bonchev–Trinajstić information content (AvgIpc) is 2.83. The van der Waals surface area contributed by atoms with Gasteiger partial charge >= 0.3 is 5.97 Å². The molecule has 1 aliphatic heterocycles. The molecule has 1 saturated heterocycles. The Morgan fingerprint density at radius 3 is 2.54 bits per heavy atom. The molecule has 2 heterocycles. The molecule has 0 atom stereocenters. The topological polar surface area (TPSA) is 112 Å². The fourth-order valence-electron chi connectivity index (χ4n) is 4.20. The van der Waals surface area contributed by atoms with Gasteiger partial charge in [0.05, 0.1) is 18.2 Å². The Labute approximate surface area is 209 Å². The van der Waals surface area contributed by atoms with Gasteiger partial charge in [-0.2, -0.15) is 0 Å². The van der Waals surface area contributed by atoms with Crippen molar-refractivity contribution in [3.63, 3.8) is 0 Å². The van der Waals surface area contributed by atoms with Crippen LogP contribution in [0.1, 0.15) is 23.7 Å². The lowest BCUT2D eigenvalue weighted by Crippen LogP contribution is -2.46. The highest BCUT2D eigenvalue weighted by Gasteiger charge is 2.23. The van der Waals surface area contributed by atoms with Crippen LogP contribution in [-0.4, -0.2) is 69.2 Å². The predicted molar refractivity (Wildman–Crippen MR) is 136 cm³/mol. The number of aromatic carboxylic acids is 1. The smallest absolute Gasteiger partial charge is 0.336 e. The van der Waals surface area contributed by atoms with Gasteiger partial charge in [-0.25, -0.2) is 18.2 Å². The van der Waals surface area contributed by atoms with Gasteiger partial charge in [0.2, 0.25) is 0 Å². The second-order valence-corrected chi connectivity index (χ2v) is 10.4. The Hall–Kier alpha value is -3.08. The van der Waals surface area contributed by atoms with Crippen LogP contribution in [0.25, 0.3) is 10.9 Å². The minimum atomic E-state index is -4.06. The first-order valence-corrected chi connectivity index (χ1v) is 13.1. The van der Waals surface area contributed by atoms with Crippen LogP contribution in [0.2, 0.25) is 5.02 Å². The molecule has 2 N–H and O–H groups in total. The summed E-state index contributed by atoms with van der Waals surface area (Å²) in [4.78, 5) is 21.1. The lowest BCUT2D eigenvalue weighted by molar-refractivity contribution is 0.0699. The van der Waals surface area contributed by atoms with Crippen LogP contribution in [0.3, 0.4) is 0 Å². The number of hydrogen-bond donors (Lipinski definition) is 2. The highest BCUT2D eigenvalue weighted by atomic mass is 35.5. The predicted octanol–water partition coefficient (Wildman–Crippen LogP) is 3.93. The van der Waals surface area contributed by atoms with Gasteiger partial charge < -0.3 is 14.7 Å². The summed E-state index contributed by atoms with van der Waals surface area (Å²) in [6, 6.07) is 10.5. The van der Waals surface area contributed by atoms with Crippen LogP contribution in [0.5, 0.6) is 5.75 Å². The third kappa shape index (κ3) is 5.44. The monoisotopic (exact) mass is 518 g/mol. The number of carboxylic acid groups (broad SMARTS) is 1. The van der Waals surface area contributed by atoms with Gasteiger partial charge in [-0.3, -0.25) is 9.62 Å². The van der Waals surface area contributed by atoms with Crippen LogP contribution < -0.4 is 14.4 Å². The number of rotatable bonds is 8. The zero-order chi connectivity index (χ0) is 25.2. The van der Waals surface area contributed by atoms with Crippen molar-refractivity contribution < 1.29 is 23.1 Å². The van der Waals surface area contributed by atoms with Crippen LogP contribution in [0.15, 0.2) is 47.4 Å². The van der Waals surface area contributed by atoms with Gasteiger partial charge in [0.25, 0.3) is 10.0 Å². The minimum absolute atomic E-state index is 0.0578. The SMILES string of the molecule is CCCN1CCN(c2cc(C(=O)O)c3cc(NS(=O)(=O)c4cc(Cl)ccc4OC)ccc3n2)CC1. The van der Waals surface area contributed by atoms with E-state index >= 15 is 0 Å². The van der Waals surface area contributed by atoms with Crippen LogP contribution in [-0.2, 0) is 10.0 Å². The molecule has 11 heteroatoms. The Bertz CT molecular complexity index is 1360. The highest BCUT2D eigenvalue weighted by molar-refractivity contribution is 7.92. The van der Waals surface area contributed by atoms with E-state index in [2.05, 4.69) is 26.4 Å². The van der Waals surface area contributed by atoms with Gasteiger partial charge in [-0.15, -0.1) is 0 Å². The third-order valence-electron chi connectivity index (χ3n) is 5.93. The summed E-state index contributed by atoms with van der Waals surface area (Å²) in [5.41, 5.74) is 0.728. The number of anilines is 2. The number of ether oxygens (including phenoxy) is 1. The van der Waals surface area contributed by atoms with Gasteiger partial charge in [0, 0.05) is 42.3 Å². The minimum Gasteiger partial charge on any atom is -0.495 e. The molecule has 0 aliphatic carbocycles. The average molecular weight is 519 g/mol. The number of nitrogens with zero attached hydrogens (tertiary/aromatic N) is 3. The quantitative estimate of drug-likeness (QED) is 0.461. The molecule has 0 radical (unpaired) electrons. The van der Waals surface area contributed by atoms with E-state index in [4.69, 9.17) is 16.3 Å². The normalized spacial score (nSPS) is 14.8. The number of nitrogens with one attached hydrogen (secondary N) is 1. The molecule has 1 fully saturated rings. The van der Waals surface area contributed by atoms with E-state index < -0.39 is 16.0 Å². The number of methoxy groups -OCH3 is 1. The molecule has 9 nitrogen and oxygen atoms in total. The molecular formula is C24H27ClN4O5S. The summed E-state index contributed by atoms with van der Waals surface area (Å²) in [5, 5.41) is 10.5. The summed E-state index contributed by atoms with van der Waals surface area (Å²) in [6.45, 7) is 6.50. The molecule has 35 heavy (non-hydrogen) atoms. The van der Waals surface area contributed by atoms with Crippen molar-refractivity contribution in [3.8, 4) is 5.75 Å². The maximum Gasteiger partial charge on any atom is 0.336 e.